The first kappa shape index (κ1) is 18.7. The van der Waals surface area contributed by atoms with Gasteiger partial charge >= 0.3 is 0 Å². The van der Waals surface area contributed by atoms with Crippen LogP contribution in [0.25, 0.3) is 0 Å². The minimum Gasteiger partial charge on any atom is -0.393 e. The summed E-state index contributed by atoms with van der Waals surface area (Å²) in [4.78, 5) is 0.482. The highest BCUT2D eigenvalue weighted by atomic mass is 32.1. The Balaban J connectivity index is 2.93. The van der Waals surface area contributed by atoms with Crippen LogP contribution in [0.2, 0.25) is 0 Å². The second-order valence-corrected chi connectivity index (χ2v) is 4.54. The molecule has 0 aromatic carbocycles. The van der Waals surface area contributed by atoms with Crippen molar-refractivity contribution in [1.29, 1.82) is 0 Å². The van der Waals surface area contributed by atoms with Crippen molar-refractivity contribution in [1.82, 2.24) is 0 Å². The fourth-order valence-electron chi connectivity index (χ4n) is 1.18. The highest BCUT2D eigenvalue weighted by Crippen LogP contribution is 1.88. The van der Waals surface area contributed by atoms with Gasteiger partial charge in [0, 0.05) is 13.0 Å². The molecule has 0 heterocycles. The molecule has 0 fully saturated rings. The minimum atomic E-state index is 0.482. The van der Waals surface area contributed by atoms with E-state index in [0.717, 1.165) is 19.4 Å². The molecule has 0 spiro atoms. The van der Waals surface area contributed by atoms with E-state index < -0.39 is 0 Å². The average Bonchev–Trinajstić information content (AvgIpc) is 2.39. The molecule has 0 aliphatic carbocycles. The minimum absolute atomic E-state index is 0.482. The molecule has 19 heavy (non-hydrogen) atoms. The number of nitrogens with two attached hydrogens (primary N) is 1. The molecular formula is C13H27NO4S. The van der Waals surface area contributed by atoms with Crippen molar-refractivity contribution < 1.29 is 18.9 Å². The molecule has 0 saturated carbocycles. The molecule has 114 valence electrons. The maximum atomic E-state index is 5.36. The van der Waals surface area contributed by atoms with Gasteiger partial charge in [0.05, 0.1) is 51.2 Å². The van der Waals surface area contributed by atoms with Crippen LogP contribution < -0.4 is 5.73 Å². The lowest BCUT2D eigenvalue weighted by Crippen LogP contribution is -2.14. The molecule has 2 N–H and O–H groups in total. The summed E-state index contributed by atoms with van der Waals surface area (Å²) in [6.07, 6.45) is 2.89. The molecule has 0 rings (SSSR count). The topological polar surface area (TPSA) is 62.9 Å². The van der Waals surface area contributed by atoms with Crippen LogP contribution in [0.15, 0.2) is 0 Å². The Labute approximate surface area is 121 Å². The predicted molar refractivity (Wildman–Crippen MR) is 79.6 cm³/mol. The Morgan fingerprint density at radius 3 is 1.63 bits per heavy atom. The molecule has 0 saturated heterocycles. The fraction of sp³-hybridized carbons (Fsp3) is 0.923. The van der Waals surface area contributed by atoms with Gasteiger partial charge in [0.25, 0.3) is 0 Å². The number of hydrogen-bond donors (Lipinski definition) is 1. The molecule has 0 aromatic heterocycles. The van der Waals surface area contributed by atoms with Gasteiger partial charge in [-0.15, -0.1) is 0 Å². The second kappa shape index (κ2) is 15.8. The highest BCUT2D eigenvalue weighted by molar-refractivity contribution is 7.80. The second-order valence-electron chi connectivity index (χ2n) is 4.02. The standard InChI is InChI=1S/C13H27NO4S/c1-2-3-5-15-7-9-17-11-12-18-10-8-16-6-4-13(14)19/h2-12H2,1H3,(H2,14,19). The lowest BCUT2D eigenvalue weighted by Gasteiger charge is -2.07. The molecule has 0 atom stereocenters. The molecule has 0 radical (unpaired) electrons. The maximum Gasteiger partial charge on any atom is 0.0750 e. The van der Waals surface area contributed by atoms with Gasteiger partial charge in [0.2, 0.25) is 0 Å². The summed E-state index contributed by atoms with van der Waals surface area (Å²) in [5.41, 5.74) is 5.33. The largest absolute Gasteiger partial charge is 0.393 e. The van der Waals surface area contributed by atoms with E-state index in [1.54, 1.807) is 0 Å². The third kappa shape index (κ3) is 17.7. The van der Waals surface area contributed by atoms with Gasteiger partial charge in [-0.1, -0.05) is 25.6 Å². The SMILES string of the molecule is CCCCOCCOCCOCCOCCC(N)=S. The van der Waals surface area contributed by atoms with Gasteiger partial charge in [-0.2, -0.15) is 0 Å². The Morgan fingerprint density at radius 2 is 1.21 bits per heavy atom. The van der Waals surface area contributed by atoms with Gasteiger partial charge in [-0.05, 0) is 6.42 Å². The smallest absolute Gasteiger partial charge is 0.0750 e. The Morgan fingerprint density at radius 1 is 0.789 bits per heavy atom. The molecular weight excluding hydrogens is 266 g/mol. The number of ether oxygens (including phenoxy) is 4. The normalized spacial score (nSPS) is 10.8. The van der Waals surface area contributed by atoms with E-state index >= 15 is 0 Å². The van der Waals surface area contributed by atoms with E-state index in [1.165, 1.54) is 0 Å². The summed E-state index contributed by atoms with van der Waals surface area (Å²) in [6, 6.07) is 0. The summed E-state index contributed by atoms with van der Waals surface area (Å²) in [5, 5.41) is 0. The zero-order valence-corrected chi connectivity index (χ0v) is 12.7. The van der Waals surface area contributed by atoms with E-state index in [9.17, 15) is 0 Å². The number of rotatable bonds is 15. The van der Waals surface area contributed by atoms with E-state index in [4.69, 9.17) is 36.9 Å². The van der Waals surface area contributed by atoms with Crippen LogP contribution in [0.1, 0.15) is 26.2 Å². The zero-order valence-electron chi connectivity index (χ0n) is 11.9. The van der Waals surface area contributed by atoms with Gasteiger partial charge in [-0.3, -0.25) is 0 Å². The van der Waals surface area contributed by atoms with Gasteiger partial charge in [-0.25, -0.2) is 0 Å². The van der Waals surface area contributed by atoms with Crippen LogP contribution in [0, 0.1) is 0 Å². The molecule has 0 aliphatic rings. The lowest BCUT2D eigenvalue weighted by molar-refractivity contribution is -0.00133. The summed E-state index contributed by atoms with van der Waals surface area (Å²) in [6.45, 7) is 7.09. The molecule has 0 aliphatic heterocycles. The van der Waals surface area contributed by atoms with Crippen molar-refractivity contribution in [2.75, 3.05) is 52.9 Å². The van der Waals surface area contributed by atoms with Crippen LogP contribution in [0.3, 0.4) is 0 Å². The summed E-state index contributed by atoms with van der Waals surface area (Å²) in [7, 11) is 0. The Kier molecular flexibility index (Phi) is 15.6. The highest BCUT2D eigenvalue weighted by Gasteiger charge is 1.93. The van der Waals surface area contributed by atoms with Crippen molar-refractivity contribution in [3.05, 3.63) is 0 Å². The first-order valence-corrected chi connectivity index (χ1v) is 7.27. The number of unbranched alkanes of at least 4 members (excludes halogenated alkanes) is 1. The Bertz CT molecular complexity index is 205. The average molecular weight is 293 g/mol. The van der Waals surface area contributed by atoms with Crippen LogP contribution in [0.4, 0.5) is 0 Å². The lowest BCUT2D eigenvalue weighted by atomic mass is 10.4. The van der Waals surface area contributed by atoms with E-state index in [2.05, 4.69) is 6.92 Å². The summed E-state index contributed by atoms with van der Waals surface area (Å²) in [5.74, 6) is 0. The molecule has 6 heteroatoms. The van der Waals surface area contributed by atoms with Crippen molar-refractivity contribution in [2.24, 2.45) is 5.73 Å². The predicted octanol–water partition coefficient (Wildman–Crippen LogP) is 1.53. The Hall–Kier alpha value is -0.270. The maximum absolute atomic E-state index is 5.36. The fourth-order valence-corrected chi connectivity index (χ4v) is 1.26. The first-order valence-electron chi connectivity index (χ1n) is 6.86. The van der Waals surface area contributed by atoms with E-state index in [0.29, 0.717) is 57.7 Å². The summed E-state index contributed by atoms with van der Waals surface area (Å²) < 4.78 is 21.3. The first-order chi connectivity index (χ1) is 9.27. The number of hydrogen-bond acceptors (Lipinski definition) is 5. The zero-order chi connectivity index (χ0) is 14.2. The molecule has 5 nitrogen and oxygen atoms in total. The quantitative estimate of drug-likeness (QED) is 0.365. The van der Waals surface area contributed by atoms with E-state index in [1.807, 2.05) is 0 Å². The molecule has 0 unspecified atom stereocenters. The number of thiocarbonyl (C=S) groups is 1. The third-order valence-corrected chi connectivity index (χ3v) is 2.46. The van der Waals surface area contributed by atoms with Crippen LogP contribution in [-0.4, -0.2) is 57.8 Å². The van der Waals surface area contributed by atoms with E-state index in [-0.39, 0.29) is 0 Å². The van der Waals surface area contributed by atoms with Gasteiger partial charge in [0.1, 0.15) is 0 Å². The van der Waals surface area contributed by atoms with Crippen molar-refractivity contribution >= 4 is 17.2 Å². The van der Waals surface area contributed by atoms with Crippen LogP contribution >= 0.6 is 12.2 Å². The molecule has 0 bridgehead atoms. The van der Waals surface area contributed by atoms with Gasteiger partial charge in [0.15, 0.2) is 0 Å². The van der Waals surface area contributed by atoms with Crippen molar-refractivity contribution in [3.63, 3.8) is 0 Å². The van der Waals surface area contributed by atoms with Crippen LogP contribution in [-0.2, 0) is 18.9 Å². The van der Waals surface area contributed by atoms with Crippen LogP contribution in [0.5, 0.6) is 0 Å². The third-order valence-electron chi connectivity index (χ3n) is 2.25. The van der Waals surface area contributed by atoms with Gasteiger partial charge < -0.3 is 24.7 Å². The molecule has 0 aromatic rings. The van der Waals surface area contributed by atoms with Crippen molar-refractivity contribution in [3.8, 4) is 0 Å². The summed E-state index contributed by atoms with van der Waals surface area (Å²) >= 11 is 4.73. The monoisotopic (exact) mass is 293 g/mol. The molecule has 0 amide bonds. The van der Waals surface area contributed by atoms with Crippen molar-refractivity contribution in [2.45, 2.75) is 26.2 Å².